The Hall–Kier alpha value is -1.61. The van der Waals surface area contributed by atoms with Gasteiger partial charge >= 0.3 is 0 Å². The lowest BCUT2D eigenvalue weighted by atomic mass is 10.3. The summed E-state index contributed by atoms with van der Waals surface area (Å²) in [6, 6.07) is 3.59. The van der Waals surface area contributed by atoms with Crippen molar-refractivity contribution >= 4 is 37.5 Å². The minimum atomic E-state index is -3.86. The van der Waals surface area contributed by atoms with Gasteiger partial charge in [0.15, 0.2) is 0 Å². The lowest BCUT2D eigenvalue weighted by Gasteiger charge is -2.08. The summed E-state index contributed by atoms with van der Waals surface area (Å²) >= 11 is 3.06. The lowest BCUT2D eigenvalue weighted by molar-refractivity contribution is 0.601. The fourth-order valence-electron chi connectivity index (χ4n) is 1.27. The van der Waals surface area contributed by atoms with Crippen LogP contribution in [0.2, 0.25) is 0 Å². The Morgan fingerprint density at radius 2 is 2.17 bits per heavy atom. The number of sulfonamides is 1. The van der Waals surface area contributed by atoms with Crippen molar-refractivity contribution < 1.29 is 12.8 Å². The second-order valence-corrected chi connectivity index (χ2v) is 5.88. The van der Waals surface area contributed by atoms with Gasteiger partial charge in [0, 0.05) is 4.47 Å². The molecular formula is C9H8BrFN4O2S. The third kappa shape index (κ3) is 2.46. The Kier molecular flexibility index (Phi) is 3.26. The van der Waals surface area contributed by atoms with E-state index in [2.05, 4.69) is 30.8 Å². The van der Waals surface area contributed by atoms with Crippen LogP contribution in [0.4, 0.5) is 15.9 Å². The second kappa shape index (κ2) is 4.58. The first-order valence-electron chi connectivity index (χ1n) is 4.67. The Bertz CT molecular complexity index is 686. The summed E-state index contributed by atoms with van der Waals surface area (Å²) in [7, 11) is -3.86. The number of halogens is 2. The summed E-state index contributed by atoms with van der Waals surface area (Å²) in [5.41, 5.74) is 5.64. The summed E-state index contributed by atoms with van der Waals surface area (Å²) in [6.07, 6.45) is 1.09. The van der Waals surface area contributed by atoms with Gasteiger partial charge in [0.1, 0.15) is 16.5 Å². The molecule has 18 heavy (non-hydrogen) atoms. The molecule has 0 aliphatic rings. The van der Waals surface area contributed by atoms with E-state index in [-0.39, 0.29) is 20.9 Å². The van der Waals surface area contributed by atoms with Gasteiger partial charge in [-0.05, 0) is 34.1 Å². The standard InChI is InChI=1S/C9H8BrFN4O2S/c10-6-3-5(11)1-2-7(6)15-18(16,17)8-4-13-14-9(8)12/h1-4,15H,(H3,12,13,14). The molecule has 1 heterocycles. The van der Waals surface area contributed by atoms with Gasteiger partial charge in [-0.1, -0.05) is 0 Å². The molecule has 2 aromatic rings. The topological polar surface area (TPSA) is 101 Å². The SMILES string of the molecule is Nc1[nH]ncc1S(=O)(=O)Nc1ccc(F)cc1Br. The molecular weight excluding hydrogens is 327 g/mol. The first-order chi connectivity index (χ1) is 8.40. The molecule has 0 fully saturated rings. The van der Waals surface area contributed by atoms with Crippen LogP contribution in [0.15, 0.2) is 33.8 Å². The Morgan fingerprint density at radius 3 is 2.72 bits per heavy atom. The maximum atomic E-state index is 12.9. The number of aromatic nitrogens is 2. The first kappa shape index (κ1) is 12.8. The molecule has 0 saturated carbocycles. The Morgan fingerprint density at radius 1 is 1.44 bits per heavy atom. The van der Waals surface area contributed by atoms with Crippen LogP contribution in [-0.4, -0.2) is 18.6 Å². The summed E-state index contributed by atoms with van der Waals surface area (Å²) in [6.45, 7) is 0. The Balaban J connectivity index is 2.37. The molecule has 0 aliphatic heterocycles. The zero-order valence-electron chi connectivity index (χ0n) is 8.81. The molecule has 1 aromatic carbocycles. The number of nitrogens with two attached hydrogens (primary N) is 1. The molecule has 1 aromatic heterocycles. The van der Waals surface area contributed by atoms with E-state index in [1.54, 1.807) is 0 Å². The summed E-state index contributed by atoms with van der Waals surface area (Å²) in [4.78, 5) is -0.168. The van der Waals surface area contributed by atoms with Crippen LogP contribution >= 0.6 is 15.9 Å². The fraction of sp³-hybridized carbons (Fsp3) is 0. The zero-order valence-corrected chi connectivity index (χ0v) is 11.2. The van der Waals surface area contributed by atoms with Crippen LogP contribution in [0, 0.1) is 5.82 Å². The van der Waals surface area contributed by atoms with E-state index in [4.69, 9.17) is 5.73 Å². The van der Waals surface area contributed by atoms with E-state index in [0.29, 0.717) is 0 Å². The number of nitrogen functional groups attached to an aromatic ring is 1. The number of aromatic amines is 1. The highest BCUT2D eigenvalue weighted by molar-refractivity contribution is 9.10. The highest BCUT2D eigenvalue weighted by atomic mass is 79.9. The van der Waals surface area contributed by atoms with E-state index in [9.17, 15) is 12.8 Å². The van der Waals surface area contributed by atoms with Crippen molar-refractivity contribution in [3.05, 3.63) is 34.7 Å². The van der Waals surface area contributed by atoms with Gasteiger partial charge in [-0.15, -0.1) is 0 Å². The van der Waals surface area contributed by atoms with Crippen LogP contribution in [0.5, 0.6) is 0 Å². The molecule has 0 spiro atoms. The zero-order chi connectivity index (χ0) is 13.3. The van der Waals surface area contributed by atoms with Crippen LogP contribution in [0.25, 0.3) is 0 Å². The van der Waals surface area contributed by atoms with Crippen LogP contribution in [0.1, 0.15) is 0 Å². The van der Waals surface area contributed by atoms with Crippen LogP contribution in [-0.2, 0) is 10.0 Å². The predicted octanol–water partition coefficient (Wildman–Crippen LogP) is 1.69. The van der Waals surface area contributed by atoms with E-state index in [1.807, 2.05) is 0 Å². The van der Waals surface area contributed by atoms with E-state index >= 15 is 0 Å². The summed E-state index contributed by atoms with van der Waals surface area (Å²) < 4.78 is 39.3. The maximum Gasteiger partial charge on any atom is 0.267 e. The third-order valence-electron chi connectivity index (χ3n) is 2.10. The highest BCUT2D eigenvalue weighted by Gasteiger charge is 2.20. The van der Waals surface area contributed by atoms with Crippen molar-refractivity contribution in [2.24, 2.45) is 0 Å². The molecule has 0 unspecified atom stereocenters. The largest absolute Gasteiger partial charge is 0.383 e. The number of H-pyrrole nitrogens is 1. The molecule has 6 nitrogen and oxygen atoms in total. The van der Waals surface area contributed by atoms with Gasteiger partial charge in [-0.25, -0.2) is 12.8 Å². The third-order valence-corrected chi connectivity index (χ3v) is 4.15. The van der Waals surface area contributed by atoms with Crippen molar-refractivity contribution in [1.82, 2.24) is 10.2 Å². The molecule has 0 radical (unpaired) electrons. The van der Waals surface area contributed by atoms with Crippen molar-refractivity contribution in [3.63, 3.8) is 0 Å². The fourth-order valence-corrected chi connectivity index (χ4v) is 2.96. The molecule has 2 rings (SSSR count). The van der Waals surface area contributed by atoms with Gasteiger partial charge in [-0.2, -0.15) is 5.10 Å². The number of nitrogens with one attached hydrogen (secondary N) is 2. The second-order valence-electron chi connectivity index (χ2n) is 3.38. The molecule has 0 amide bonds. The smallest absolute Gasteiger partial charge is 0.267 e. The monoisotopic (exact) mass is 334 g/mol. The Labute approximate surface area is 111 Å². The lowest BCUT2D eigenvalue weighted by Crippen LogP contribution is -2.14. The van der Waals surface area contributed by atoms with Gasteiger partial charge in [0.25, 0.3) is 10.0 Å². The van der Waals surface area contributed by atoms with Gasteiger partial charge < -0.3 is 5.73 Å². The molecule has 0 saturated heterocycles. The maximum absolute atomic E-state index is 12.9. The summed E-state index contributed by atoms with van der Waals surface area (Å²) in [5.74, 6) is -0.548. The number of benzene rings is 1. The van der Waals surface area contributed by atoms with Crippen LogP contribution in [0.3, 0.4) is 0 Å². The van der Waals surface area contributed by atoms with Crippen molar-refractivity contribution in [2.45, 2.75) is 4.90 Å². The van der Waals surface area contributed by atoms with Gasteiger partial charge in [0.2, 0.25) is 0 Å². The highest BCUT2D eigenvalue weighted by Crippen LogP contribution is 2.26. The molecule has 0 aliphatic carbocycles. The number of hydrogen-bond acceptors (Lipinski definition) is 4. The van der Waals surface area contributed by atoms with E-state index in [1.165, 1.54) is 6.07 Å². The molecule has 9 heteroatoms. The van der Waals surface area contributed by atoms with E-state index < -0.39 is 15.8 Å². The average Bonchev–Trinajstić information content (AvgIpc) is 2.69. The molecule has 4 N–H and O–H groups in total. The first-order valence-corrected chi connectivity index (χ1v) is 6.94. The van der Waals surface area contributed by atoms with Crippen molar-refractivity contribution in [2.75, 3.05) is 10.5 Å². The minimum absolute atomic E-state index is 0.0688. The van der Waals surface area contributed by atoms with Gasteiger partial charge in [-0.3, -0.25) is 9.82 Å². The van der Waals surface area contributed by atoms with Crippen molar-refractivity contribution in [1.29, 1.82) is 0 Å². The predicted molar refractivity (Wildman–Crippen MR) is 67.9 cm³/mol. The number of anilines is 2. The molecule has 0 bridgehead atoms. The minimum Gasteiger partial charge on any atom is -0.383 e. The molecule has 0 atom stereocenters. The number of hydrogen-bond donors (Lipinski definition) is 3. The van der Waals surface area contributed by atoms with Crippen LogP contribution < -0.4 is 10.5 Å². The average molecular weight is 335 g/mol. The number of nitrogens with zero attached hydrogens (tertiary/aromatic N) is 1. The quantitative estimate of drug-likeness (QED) is 0.795. The summed E-state index contributed by atoms with van der Waals surface area (Å²) in [5, 5.41) is 5.85. The van der Waals surface area contributed by atoms with E-state index in [0.717, 1.165) is 18.3 Å². The van der Waals surface area contributed by atoms with Crippen molar-refractivity contribution in [3.8, 4) is 0 Å². The normalized spacial score (nSPS) is 11.4. The molecule has 96 valence electrons. The van der Waals surface area contributed by atoms with Gasteiger partial charge in [0.05, 0.1) is 11.9 Å². The number of rotatable bonds is 3.